The Morgan fingerprint density at radius 2 is 1.83 bits per heavy atom. The smallest absolute Gasteiger partial charge is 0.329 e. The summed E-state index contributed by atoms with van der Waals surface area (Å²) in [5.74, 6) is -2.61. The van der Waals surface area contributed by atoms with Crippen molar-refractivity contribution in [2.24, 2.45) is 23.7 Å². The monoisotopic (exact) mass is 494 g/mol. The molecule has 1 saturated heterocycles. The number of carbonyl (C=O) groups excluding carboxylic acids is 4. The second kappa shape index (κ2) is 7.81. The summed E-state index contributed by atoms with van der Waals surface area (Å²) in [4.78, 5) is 51.2. The average molecular weight is 496 g/mol. The minimum atomic E-state index is -1.08. The Bertz CT molecular complexity index is 964. The summed E-state index contributed by atoms with van der Waals surface area (Å²) in [6.45, 7) is 2.71. The minimum absolute atomic E-state index is 0.0661. The van der Waals surface area contributed by atoms with Crippen molar-refractivity contribution < 1.29 is 23.9 Å². The van der Waals surface area contributed by atoms with E-state index in [1.807, 2.05) is 12.2 Å². The van der Waals surface area contributed by atoms with Crippen LogP contribution in [0.3, 0.4) is 0 Å². The Morgan fingerprint density at radius 3 is 2.43 bits per heavy atom. The largest absolute Gasteiger partial charge is 0.454 e. The van der Waals surface area contributed by atoms with E-state index in [1.165, 1.54) is 6.92 Å². The number of ether oxygens (including phenoxy) is 1. The summed E-state index contributed by atoms with van der Waals surface area (Å²) in [6.07, 6.45) is 4.80. The highest BCUT2D eigenvalue weighted by Gasteiger charge is 2.60. The van der Waals surface area contributed by atoms with Crippen LogP contribution < -0.4 is 5.32 Å². The molecule has 2 bridgehead atoms. The Hall–Kier alpha value is -2.19. The van der Waals surface area contributed by atoms with Gasteiger partial charge in [-0.25, -0.2) is 4.79 Å². The van der Waals surface area contributed by atoms with E-state index in [4.69, 9.17) is 16.3 Å². The number of hydrogen-bond acceptors (Lipinski definition) is 5. The Labute approximate surface area is 186 Å². The molecule has 158 valence electrons. The first-order valence-electron chi connectivity index (χ1n) is 9.66. The highest BCUT2D eigenvalue weighted by Crippen LogP contribution is 2.52. The number of hydrogen-bond donors (Lipinski definition) is 1. The first kappa shape index (κ1) is 21.1. The van der Waals surface area contributed by atoms with Gasteiger partial charge in [-0.2, -0.15) is 0 Å². The summed E-state index contributed by atoms with van der Waals surface area (Å²) in [5, 5.41) is 3.07. The van der Waals surface area contributed by atoms with Crippen LogP contribution in [0.2, 0.25) is 5.02 Å². The van der Waals surface area contributed by atoms with E-state index in [1.54, 1.807) is 19.1 Å². The van der Waals surface area contributed by atoms with Crippen molar-refractivity contribution in [1.29, 1.82) is 0 Å². The lowest BCUT2D eigenvalue weighted by Crippen LogP contribution is -2.45. The van der Waals surface area contributed by atoms with E-state index >= 15 is 0 Å². The number of anilines is 1. The van der Waals surface area contributed by atoms with Gasteiger partial charge < -0.3 is 10.1 Å². The third-order valence-electron chi connectivity index (χ3n) is 6.12. The van der Waals surface area contributed by atoms with Crippen LogP contribution in [0.4, 0.5) is 5.69 Å². The number of aryl methyl sites for hydroxylation is 1. The van der Waals surface area contributed by atoms with Crippen LogP contribution in [-0.2, 0) is 23.9 Å². The molecule has 30 heavy (non-hydrogen) atoms. The molecule has 0 unspecified atom stereocenters. The molecule has 0 aromatic heterocycles. The third kappa shape index (κ3) is 3.46. The van der Waals surface area contributed by atoms with Crippen LogP contribution in [0.1, 0.15) is 18.9 Å². The van der Waals surface area contributed by atoms with E-state index < -0.39 is 24.5 Å². The molecule has 1 aliphatic heterocycles. The van der Waals surface area contributed by atoms with Gasteiger partial charge in [0.15, 0.2) is 6.61 Å². The second-order valence-corrected chi connectivity index (χ2v) is 9.22. The SMILES string of the molecule is Cc1cc(Br)c(Cl)cc1NC(=O)COC(=O)[C@H](C)N1C(=O)[C@@H]2[C@@H](C1=O)[C@H]1C=C[C@H]2C1. The molecule has 1 N–H and O–H groups in total. The van der Waals surface area contributed by atoms with Gasteiger partial charge >= 0.3 is 5.97 Å². The first-order valence-corrected chi connectivity index (χ1v) is 10.8. The second-order valence-electron chi connectivity index (χ2n) is 7.96. The molecule has 9 heteroatoms. The van der Waals surface area contributed by atoms with E-state index in [9.17, 15) is 19.2 Å². The van der Waals surface area contributed by atoms with Crippen molar-refractivity contribution in [2.45, 2.75) is 26.3 Å². The molecule has 2 aliphatic carbocycles. The van der Waals surface area contributed by atoms with Crippen molar-refractivity contribution in [2.75, 3.05) is 11.9 Å². The number of fused-ring (bicyclic) bond motifs is 5. The van der Waals surface area contributed by atoms with Gasteiger partial charge in [-0.3, -0.25) is 19.3 Å². The van der Waals surface area contributed by atoms with Gasteiger partial charge in [-0.15, -0.1) is 0 Å². The van der Waals surface area contributed by atoms with Gasteiger partial charge in [0, 0.05) is 10.2 Å². The van der Waals surface area contributed by atoms with Crippen LogP contribution in [0, 0.1) is 30.6 Å². The molecule has 3 amide bonds. The molecule has 3 aliphatic rings. The summed E-state index contributed by atoms with van der Waals surface area (Å²) in [7, 11) is 0. The predicted octanol–water partition coefficient (Wildman–Crippen LogP) is 3.09. The summed E-state index contributed by atoms with van der Waals surface area (Å²) in [6, 6.07) is 2.27. The van der Waals surface area contributed by atoms with Crippen LogP contribution in [0.5, 0.6) is 0 Å². The third-order valence-corrected chi connectivity index (χ3v) is 7.32. The summed E-state index contributed by atoms with van der Waals surface area (Å²) < 4.78 is 5.78. The standard InChI is InChI=1S/C21H20BrClN2O5/c1-9-5-13(22)14(23)7-15(9)24-16(26)8-30-21(29)10(2)25-19(27)17-11-3-4-12(6-11)18(17)20(25)28/h3-5,7,10-12,17-18H,6,8H2,1-2H3,(H,24,26)/t10-,11-,12-,17-,18-/m0/s1. The molecule has 7 nitrogen and oxygen atoms in total. The van der Waals surface area contributed by atoms with Gasteiger partial charge in [-0.05, 0) is 65.7 Å². The lowest BCUT2D eigenvalue weighted by molar-refractivity contribution is -0.159. The summed E-state index contributed by atoms with van der Waals surface area (Å²) >= 11 is 9.35. The van der Waals surface area contributed by atoms with E-state index in [0.29, 0.717) is 15.2 Å². The molecule has 2 fully saturated rings. The summed E-state index contributed by atoms with van der Waals surface area (Å²) in [5.41, 5.74) is 1.28. The van der Waals surface area contributed by atoms with Crippen LogP contribution in [0.15, 0.2) is 28.8 Å². The molecule has 1 saturated carbocycles. The number of halogens is 2. The number of carbonyl (C=O) groups is 4. The number of rotatable bonds is 5. The predicted molar refractivity (Wildman–Crippen MR) is 113 cm³/mol. The number of imide groups is 1. The van der Waals surface area contributed by atoms with E-state index in [-0.39, 0.29) is 35.5 Å². The van der Waals surface area contributed by atoms with E-state index in [2.05, 4.69) is 21.2 Å². The van der Waals surface area contributed by atoms with Gasteiger partial charge in [0.05, 0.1) is 16.9 Å². The van der Waals surface area contributed by atoms with Crippen LogP contribution >= 0.6 is 27.5 Å². The Morgan fingerprint density at radius 1 is 1.23 bits per heavy atom. The molecular formula is C21H20BrClN2O5. The molecule has 0 radical (unpaired) electrons. The molecule has 1 heterocycles. The molecular weight excluding hydrogens is 476 g/mol. The number of esters is 1. The molecule has 5 atom stereocenters. The van der Waals surface area contributed by atoms with Crippen LogP contribution in [-0.4, -0.2) is 41.2 Å². The zero-order chi connectivity index (χ0) is 21.7. The minimum Gasteiger partial charge on any atom is -0.454 e. The Kier molecular flexibility index (Phi) is 5.48. The maximum atomic E-state index is 12.8. The molecule has 1 aromatic carbocycles. The Balaban J connectivity index is 1.35. The highest BCUT2D eigenvalue weighted by atomic mass is 79.9. The van der Waals surface area contributed by atoms with Gasteiger partial charge in [0.1, 0.15) is 6.04 Å². The van der Waals surface area contributed by atoms with E-state index in [0.717, 1.165) is 16.9 Å². The number of nitrogens with zero attached hydrogens (tertiary/aromatic N) is 1. The van der Waals surface area contributed by atoms with Gasteiger partial charge in [-0.1, -0.05) is 23.8 Å². The lowest BCUT2D eigenvalue weighted by atomic mass is 9.85. The van der Waals surface area contributed by atoms with Crippen LogP contribution in [0.25, 0.3) is 0 Å². The van der Waals surface area contributed by atoms with Gasteiger partial charge in [0.25, 0.3) is 5.91 Å². The van der Waals surface area contributed by atoms with Crippen molar-refractivity contribution in [3.8, 4) is 0 Å². The zero-order valence-corrected chi connectivity index (χ0v) is 18.7. The fraction of sp³-hybridized carbons (Fsp3) is 0.429. The number of amides is 3. The number of benzene rings is 1. The maximum Gasteiger partial charge on any atom is 0.329 e. The fourth-order valence-corrected chi connectivity index (χ4v) is 5.26. The van der Waals surface area contributed by atoms with Gasteiger partial charge in [0.2, 0.25) is 11.8 Å². The molecule has 1 aromatic rings. The average Bonchev–Trinajstić information content (AvgIpc) is 3.37. The lowest BCUT2D eigenvalue weighted by Gasteiger charge is -2.23. The highest BCUT2D eigenvalue weighted by molar-refractivity contribution is 9.10. The molecule has 4 rings (SSSR count). The quantitative estimate of drug-likeness (QED) is 0.385. The zero-order valence-electron chi connectivity index (χ0n) is 16.4. The number of likely N-dealkylation sites (tertiary alicyclic amines) is 1. The van der Waals surface area contributed by atoms with Crippen molar-refractivity contribution in [1.82, 2.24) is 4.90 Å². The van der Waals surface area contributed by atoms with Crippen molar-refractivity contribution in [3.05, 3.63) is 39.3 Å². The first-order chi connectivity index (χ1) is 14.2. The van der Waals surface area contributed by atoms with Crippen molar-refractivity contribution >= 4 is 56.9 Å². The maximum absolute atomic E-state index is 12.8. The van der Waals surface area contributed by atoms with Crippen molar-refractivity contribution in [3.63, 3.8) is 0 Å². The topological polar surface area (TPSA) is 92.8 Å². The fourth-order valence-electron chi connectivity index (χ4n) is 4.64. The number of allylic oxidation sites excluding steroid dienone is 2. The molecule has 0 spiro atoms. The number of nitrogens with one attached hydrogen (secondary N) is 1. The normalized spacial score (nSPS) is 27.4.